The van der Waals surface area contributed by atoms with E-state index in [4.69, 9.17) is 0 Å². The van der Waals surface area contributed by atoms with E-state index < -0.39 is 0 Å². The van der Waals surface area contributed by atoms with Crippen LogP contribution in [-0.4, -0.2) is 30.9 Å². The van der Waals surface area contributed by atoms with Crippen LogP contribution in [0.25, 0.3) is 0 Å². The normalized spacial score (nSPS) is 15.8. The van der Waals surface area contributed by atoms with Crippen molar-refractivity contribution in [3.05, 3.63) is 22.3 Å². The average molecular weight is 215 g/mol. The molecule has 1 aliphatic rings. The van der Waals surface area contributed by atoms with Crippen LogP contribution in [0, 0.1) is 0 Å². The number of aldehydes is 1. The minimum atomic E-state index is -0.383. The predicted octanol–water partition coefficient (Wildman–Crippen LogP) is 0.145. The summed E-state index contributed by atoms with van der Waals surface area (Å²) < 4.78 is 3.12. The van der Waals surface area contributed by atoms with Crippen molar-refractivity contribution in [3.63, 3.8) is 0 Å². The first-order valence-electron chi connectivity index (χ1n) is 2.29. The Balaban J connectivity index is 2.82. The quantitative estimate of drug-likeness (QED) is 0.449. The van der Waals surface area contributed by atoms with Gasteiger partial charge in [0, 0.05) is 0 Å². The Bertz CT molecular complexity index is 177. The van der Waals surface area contributed by atoms with Crippen LogP contribution < -0.4 is 0 Å². The molecule has 0 N–H and O–H groups in total. The molecule has 8 heavy (non-hydrogen) atoms. The van der Waals surface area contributed by atoms with Crippen LogP contribution in [0.1, 0.15) is 0 Å². The molecule has 0 saturated heterocycles. The fourth-order valence-electron chi connectivity index (χ4n) is 0.446. The Hall–Kier alpha value is -0.162. The number of hydrogen-bond donors (Lipinski definition) is 0. The molecule has 0 radical (unpaired) electrons. The van der Waals surface area contributed by atoms with E-state index in [9.17, 15) is 4.79 Å². The van der Waals surface area contributed by atoms with Gasteiger partial charge in [-0.2, -0.15) is 0 Å². The van der Waals surface area contributed by atoms with Crippen molar-refractivity contribution in [2.75, 3.05) is 0 Å². The SMILES string of the molecule is O=C[C]1=[Sb][CH]=CC=C1. The van der Waals surface area contributed by atoms with Gasteiger partial charge in [0.1, 0.15) is 0 Å². The molecule has 0 aliphatic carbocycles. The molecule has 0 spiro atoms. The molecule has 2 heteroatoms. The number of hydrogen-bond acceptors (Lipinski definition) is 1. The van der Waals surface area contributed by atoms with Gasteiger partial charge in [-0.15, -0.1) is 0 Å². The van der Waals surface area contributed by atoms with E-state index in [-0.39, 0.29) is 21.1 Å². The van der Waals surface area contributed by atoms with E-state index in [0.717, 1.165) is 9.73 Å². The first-order chi connectivity index (χ1) is 3.93. The summed E-state index contributed by atoms with van der Waals surface area (Å²) in [6.07, 6.45) is 6.76. The van der Waals surface area contributed by atoms with Crippen molar-refractivity contribution in [2.45, 2.75) is 0 Å². The zero-order valence-electron chi connectivity index (χ0n) is 4.24. The molecule has 0 saturated carbocycles. The standard InChI is InChI=1S/C6H5O.Sb/c1-2-3-4-5-6-7;/h1-4,6H;. The molecular formula is C6H5OSb. The van der Waals surface area contributed by atoms with Crippen molar-refractivity contribution in [1.82, 2.24) is 0 Å². The summed E-state index contributed by atoms with van der Waals surface area (Å²) in [6.45, 7) is 0. The summed E-state index contributed by atoms with van der Waals surface area (Å²) in [6, 6.07) is 0. The second kappa shape index (κ2) is 2.98. The molecule has 0 fully saturated rings. The molecule has 0 aromatic carbocycles. The fourth-order valence-corrected chi connectivity index (χ4v) is 2.13. The van der Waals surface area contributed by atoms with Crippen molar-refractivity contribution >= 4 is 30.9 Å². The molecule has 0 atom stereocenters. The van der Waals surface area contributed by atoms with Crippen LogP contribution in [0.5, 0.6) is 0 Å². The Labute approximate surface area is 58.1 Å². The molecule has 1 aliphatic heterocycles. The third-order valence-corrected chi connectivity index (χ3v) is 3.30. The topological polar surface area (TPSA) is 17.1 Å². The summed E-state index contributed by atoms with van der Waals surface area (Å²) in [4.78, 5) is 10.1. The first kappa shape index (κ1) is 5.97. The fraction of sp³-hybridized carbons (Fsp3) is 0. The van der Waals surface area contributed by atoms with Crippen molar-refractivity contribution < 1.29 is 4.79 Å². The molecule has 0 aromatic rings. The maximum absolute atomic E-state index is 10.1. The van der Waals surface area contributed by atoms with Gasteiger partial charge in [-0.3, -0.25) is 0 Å². The van der Waals surface area contributed by atoms with Crippen LogP contribution in [-0.2, 0) is 4.79 Å². The molecule has 0 amide bonds. The minimum absolute atomic E-state index is 0.383. The second-order valence-corrected chi connectivity index (χ2v) is 4.43. The predicted molar refractivity (Wildman–Crippen MR) is 35.1 cm³/mol. The summed E-state index contributed by atoms with van der Waals surface area (Å²) in [7, 11) is 0. The summed E-state index contributed by atoms with van der Waals surface area (Å²) in [5.74, 6) is 0. The van der Waals surface area contributed by atoms with Gasteiger partial charge in [-0.05, 0) is 0 Å². The van der Waals surface area contributed by atoms with E-state index in [2.05, 4.69) is 4.02 Å². The van der Waals surface area contributed by atoms with Crippen molar-refractivity contribution in [2.24, 2.45) is 0 Å². The van der Waals surface area contributed by atoms with E-state index in [1.54, 1.807) is 0 Å². The van der Waals surface area contributed by atoms with E-state index in [1.807, 2.05) is 18.2 Å². The van der Waals surface area contributed by atoms with E-state index >= 15 is 0 Å². The summed E-state index contributed by atoms with van der Waals surface area (Å²) in [5, 5.41) is 0. The first-order valence-corrected chi connectivity index (χ1v) is 5.05. The zero-order chi connectivity index (χ0) is 5.82. The van der Waals surface area contributed by atoms with Gasteiger partial charge in [-0.25, -0.2) is 0 Å². The van der Waals surface area contributed by atoms with Crippen LogP contribution in [0.3, 0.4) is 0 Å². The number of allylic oxidation sites excluding steroid dienone is 3. The van der Waals surface area contributed by atoms with Gasteiger partial charge >= 0.3 is 57.9 Å². The molecule has 1 heterocycles. The molecule has 1 nitrogen and oxygen atoms in total. The van der Waals surface area contributed by atoms with E-state index in [1.165, 1.54) is 0 Å². The van der Waals surface area contributed by atoms with Crippen LogP contribution in [0.15, 0.2) is 22.3 Å². The Morgan fingerprint density at radius 2 is 2.38 bits per heavy atom. The van der Waals surface area contributed by atoms with Crippen LogP contribution in [0.2, 0.25) is 0 Å². The second-order valence-electron chi connectivity index (χ2n) is 1.37. The maximum atomic E-state index is 10.1. The molecular weight excluding hydrogens is 210 g/mol. The molecule has 0 bridgehead atoms. The monoisotopic (exact) mass is 214 g/mol. The van der Waals surface area contributed by atoms with Crippen molar-refractivity contribution in [1.29, 1.82) is 0 Å². The van der Waals surface area contributed by atoms with Gasteiger partial charge in [0.25, 0.3) is 0 Å². The van der Waals surface area contributed by atoms with E-state index in [0.29, 0.717) is 0 Å². The van der Waals surface area contributed by atoms with Gasteiger partial charge < -0.3 is 0 Å². The Kier molecular flexibility index (Phi) is 2.23. The molecule has 0 unspecified atom stereocenters. The third-order valence-electron chi connectivity index (χ3n) is 0.809. The van der Waals surface area contributed by atoms with Gasteiger partial charge in [0.05, 0.1) is 0 Å². The van der Waals surface area contributed by atoms with Gasteiger partial charge in [0.2, 0.25) is 0 Å². The van der Waals surface area contributed by atoms with Gasteiger partial charge in [-0.1, -0.05) is 0 Å². The Morgan fingerprint density at radius 1 is 1.50 bits per heavy atom. The summed E-state index contributed by atoms with van der Waals surface area (Å²) in [5.41, 5.74) is 0. The number of carbonyl (C=O) groups excluding carboxylic acids is 1. The Morgan fingerprint density at radius 3 is 2.75 bits per heavy atom. The number of carbonyl (C=O) groups is 1. The zero-order valence-corrected chi connectivity index (χ0v) is 6.79. The average Bonchev–Trinajstić information content (AvgIpc) is 1.90. The molecule has 0 aromatic heterocycles. The van der Waals surface area contributed by atoms with Gasteiger partial charge in [0.15, 0.2) is 0 Å². The summed E-state index contributed by atoms with van der Waals surface area (Å²) >= 11 is -0.383. The van der Waals surface area contributed by atoms with Crippen LogP contribution >= 0.6 is 0 Å². The number of rotatable bonds is 1. The molecule has 1 rings (SSSR count). The van der Waals surface area contributed by atoms with Crippen molar-refractivity contribution in [3.8, 4) is 0 Å². The third kappa shape index (κ3) is 1.41. The van der Waals surface area contributed by atoms with Crippen LogP contribution in [0.4, 0.5) is 0 Å². The molecule has 40 valence electrons.